The Balaban J connectivity index is 2.46. The minimum absolute atomic E-state index is 0.130. The van der Waals surface area contributed by atoms with Crippen LogP contribution in [-0.2, 0) is 0 Å². The fraction of sp³-hybridized carbons (Fsp3) is 0.739. The van der Waals surface area contributed by atoms with Gasteiger partial charge in [-0.15, -0.1) is 0 Å². The van der Waals surface area contributed by atoms with Gasteiger partial charge in [0.05, 0.1) is 5.56 Å². The fourth-order valence-corrected chi connectivity index (χ4v) is 4.52. The van der Waals surface area contributed by atoms with Gasteiger partial charge >= 0.3 is 0 Å². The molecule has 0 fully saturated rings. The Morgan fingerprint density at radius 3 is 2.23 bits per heavy atom. The first-order valence-corrected chi connectivity index (χ1v) is 10.5. The third-order valence-corrected chi connectivity index (χ3v) is 6.38. The zero-order valence-electron chi connectivity index (χ0n) is 18.0. The molecular formula is C23H39NO2+. The zero-order valence-corrected chi connectivity index (χ0v) is 18.0. The second-order valence-electron chi connectivity index (χ2n) is 8.27. The van der Waals surface area contributed by atoms with Crippen LogP contribution in [0.25, 0.3) is 0 Å². The van der Waals surface area contributed by atoms with Gasteiger partial charge < -0.3 is 9.84 Å². The molecule has 26 heavy (non-hydrogen) atoms. The number of phenolic OH excluding ortho intramolecular Hbond substituents is 1. The van der Waals surface area contributed by atoms with Crippen LogP contribution in [0, 0.1) is 20.8 Å². The van der Waals surface area contributed by atoms with E-state index in [9.17, 15) is 5.11 Å². The first-order valence-electron chi connectivity index (χ1n) is 10.5. The maximum atomic E-state index is 10.6. The summed E-state index contributed by atoms with van der Waals surface area (Å²) in [4.78, 5) is 2.52. The van der Waals surface area contributed by atoms with E-state index in [0.29, 0.717) is 11.8 Å². The maximum absolute atomic E-state index is 10.6. The first-order chi connectivity index (χ1) is 12.3. The molecule has 147 valence electrons. The SMILES string of the molecule is CCCCCCC1(C)CC([N+](CC)CC)c2c(C)c(O)c(C)c(C)c2O1. The number of benzene rings is 1. The monoisotopic (exact) mass is 361 g/mol. The van der Waals surface area contributed by atoms with Gasteiger partial charge in [-0.2, -0.15) is 4.90 Å². The molecule has 1 aliphatic heterocycles. The zero-order chi connectivity index (χ0) is 19.5. The molecule has 3 nitrogen and oxygen atoms in total. The van der Waals surface area contributed by atoms with Crippen LogP contribution < -0.4 is 9.64 Å². The van der Waals surface area contributed by atoms with Gasteiger partial charge in [-0.05, 0) is 65.5 Å². The van der Waals surface area contributed by atoms with Crippen molar-refractivity contribution in [1.29, 1.82) is 0 Å². The maximum Gasteiger partial charge on any atom is 0.165 e. The standard InChI is InChI=1S/C23H39NO2/c1-8-11-12-13-14-23(7)15-19(24(9-2)10-3)20-18(6)21(25)16(4)17(5)22(20)26-23/h19,25H,8-15H2,1-7H3/q+1. The first kappa shape index (κ1) is 21.1. The van der Waals surface area contributed by atoms with Crippen molar-refractivity contribution in [3.05, 3.63) is 22.3 Å². The van der Waals surface area contributed by atoms with Crippen molar-refractivity contribution in [2.75, 3.05) is 13.1 Å². The Kier molecular flexibility index (Phi) is 7.01. The van der Waals surface area contributed by atoms with E-state index in [1.807, 2.05) is 13.8 Å². The van der Waals surface area contributed by atoms with Crippen LogP contribution in [0.5, 0.6) is 11.5 Å². The summed E-state index contributed by atoms with van der Waals surface area (Å²) in [6, 6.07) is 0.315. The highest BCUT2D eigenvalue weighted by Gasteiger charge is 2.45. The van der Waals surface area contributed by atoms with Crippen molar-refractivity contribution in [3.8, 4) is 11.5 Å². The molecular weight excluding hydrogens is 322 g/mol. The van der Waals surface area contributed by atoms with Gasteiger partial charge in [0.2, 0.25) is 0 Å². The average molecular weight is 362 g/mol. The minimum atomic E-state index is -0.130. The summed E-state index contributed by atoms with van der Waals surface area (Å²) in [5, 5.41) is 10.6. The van der Waals surface area contributed by atoms with E-state index < -0.39 is 0 Å². The Bertz CT molecular complexity index is 621. The van der Waals surface area contributed by atoms with Gasteiger partial charge in [0, 0.05) is 12.0 Å². The Hall–Kier alpha value is -1.22. The lowest BCUT2D eigenvalue weighted by atomic mass is 9.80. The number of ether oxygens (including phenoxy) is 1. The molecule has 1 radical (unpaired) electrons. The van der Waals surface area contributed by atoms with E-state index in [4.69, 9.17) is 4.74 Å². The Labute approximate surface area is 160 Å². The highest BCUT2D eigenvalue weighted by atomic mass is 16.5. The van der Waals surface area contributed by atoms with Crippen LogP contribution in [0.2, 0.25) is 0 Å². The number of rotatable bonds is 8. The van der Waals surface area contributed by atoms with Gasteiger partial charge in [-0.1, -0.05) is 26.2 Å². The van der Waals surface area contributed by atoms with Crippen LogP contribution in [0.3, 0.4) is 0 Å². The summed E-state index contributed by atoms with van der Waals surface area (Å²) in [6.07, 6.45) is 7.17. The normalized spacial score (nSPS) is 22.4. The van der Waals surface area contributed by atoms with Gasteiger partial charge in [0.1, 0.15) is 30.2 Å². The van der Waals surface area contributed by atoms with Crippen LogP contribution in [0.1, 0.15) is 94.5 Å². The smallest absolute Gasteiger partial charge is 0.165 e. The molecule has 0 amide bonds. The highest BCUT2D eigenvalue weighted by molar-refractivity contribution is 5.59. The van der Waals surface area contributed by atoms with Gasteiger partial charge in [0.15, 0.2) is 6.04 Å². The molecule has 1 aromatic rings. The lowest BCUT2D eigenvalue weighted by Crippen LogP contribution is -2.46. The largest absolute Gasteiger partial charge is 0.507 e. The number of hydrogen-bond acceptors (Lipinski definition) is 3. The molecule has 2 unspecified atom stereocenters. The predicted octanol–water partition coefficient (Wildman–Crippen LogP) is 6.05. The molecule has 0 aliphatic carbocycles. The molecule has 1 N–H and O–H groups in total. The molecule has 0 bridgehead atoms. The summed E-state index contributed by atoms with van der Waals surface area (Å²) < 4.78 is 6.68. The molecule has 0 saturated heterocycles. The van der Waals surface area contributed by atoms with Gasteiger partial charge in [-0.3, -0.25) is 0 Å². The Morgan fingerprint density at radius 1 is 1.00 bits per heavy atom. The third-order valence-electron chi connectivity index (χ3n) is 6.38. The fourth-order valence-electron chi connectivity index (χ4n) is 4.52. The summed E-state index contributed by atoms with van der Waals surface area (Å²) in [5.41, 5.74) is 4.12. The van der Waals surface area contributed by atoms with E-state index in [1.165, 1.54) is 31.2 Å². The van der Waals surface area contributed by atoms with E-state index in [1.54, 1.807) is 0 Å². The molecule has 0 saturated carbocycles. The van der Waals surface area contributed by atoms with E-state index in [2.05, 4.69) is 39.5 Å². The number of hydrogen-bond donors (Lipinski definition) is 1. The molecule has 3 heteroatoms. The van der Waals surface area contributed by atoms with Crippen molar-refractivity contribution in [2.24, 2.45) is 0 Å². The Morgan fingerprint density at radius 2 is 1.65 bits per heavy atom. The van der Waals surface area contributed by atoms with E-state index in [0.717, 1.165) is 48.4 Å². The van der Waals surface area contributed by atoms with Gasteiger partial charge in [0.25, 0.3) is 0 Å². The van der Waals surface area contributed by atoms with Crippen LogP contribution in [0.4, 0.5) is 0 Å². The minimum Gasteiger partial charge on any atom is -0.507 e. The molecule has 2 rings (SSSR count). The topological polar surface area (TPSA) is 35.4 Å². The van der Waals surface area contributed by atoms with Crippen molar-refractivity contribution >= 4 is 0 Å². The van der Waals surface area contributed by atoms with Gasteiger partial charge in [-0.25, -0.2) is 0 Å². The lowest BCUT2D eigenvalue weighted by molar-refractivity contribution is 0.0251. The molecule has 0 spiro atoms. The van der Waals surface area contributed by atoms with Crippen molar-refractivity contribution in [2.45, 2.75) is 98.6 Å². The van der Waals surface area contributed by atoms with Crippen molar-refractivity contribution < 1.29 is 9.84 Å². The van der Waals surface area contributed by atoms with E-state index >= 15 is 0 Å². The van der Waals surface area contributed by atoms with Crippen molar-refractivity contribution in [1.82, 2.24) is 4.90 Å². The number of aromatic hydroxyl groups is 1. The average Bonchev–Trinajstić information content (AvgIpc) is 2.62. The summed E-state index contributed by atoms with van der Waals surface area (Å²) in [6.45, 7) is 17.2. The second kappa shape index (κ2) is 8.65. The summed E-state index contributed by atoms with van der Waals surface area (Å²) in [5.74, 6) is 1.47. The molecule has 0 aromatic heterocycles. The number of unbranched alkanes of at least 4 members (excludes halogenated alkanes) is 3. The third kappa shape index (κ3) is 4.03. The molecule has 2 atom stereocenters. The van der Waals surface area contributed by atoms with Crippen LogP contribution in [-0.4, -0.2) is 23.8 Å². The molecule has 1 aliphatic rings. The van der Waals surface area contributed by atoms with Crippen molar-refractivity contribution in [3.63, 3.8) is 0 Å². The number of fused-ring (bicyclic) bond motifs is 1. The molecule has 1 aromatic carbocycles. The number of phenols is 1. The summed E-state index contributed by atoms with van der Waals surface area (Å²) >= 11 is 0. The number of nitrogens with zero attached hydrogens (tertiary/aromatic N) is 1. The second-order valence-corrected chi connectivity index (χ2v) is 8.27. The molecule has 1 heterocycles. The van der Waals surface area contributed by atoms with Crippen LogP contribution in [0.15, 0.2) is 0 Å². The lowest BCUT2D eigenvalue weighted by Gasteiger charge is -2.41. The predicted molar refractivity (Wildman–Crippen MR) is 111 cm³/mol. The highest BCUT2D eigenvalue weighted by Crippen LogP contribution is 2.50. The summed E-state index contributed by atoms with van der Waals surface area (Å²) in [7, 11) is 0. The quantitative estimate of drug-likeness (QED) is 0.452. The van der Waals surface area contributed by atoms with Crippen LogP contribution >= 0.6 is 0 Å². The van der Waals surface area contributed by atoms with E-state index in [-0.39, 0.29) is 5.60 Å².